The van der Waals surface area contributed by atoms with Gasteiger partial charge in [0.1, 0.15) is 12.7 Å². The van der Waals surface area contributed by atoms with Crippen molar-refractivity contribution in [2.45, 2.75) is 26.1 Å². The smallest absolute Gasteiger partial charge is 0.358 e. The van der Waals surface area contributed by atoms with Gasteiger partial charge in [-0.05, 0) is 26.0 Å². The molecule has 6 nitrogen and oxygen atoms in total. The zero-order valence-electron chi connectivity index (χ0n) is 10.4. The number of hydrogen-bond donors (Lipinski definition) is 2. The van der Waals surface area contributed by atoms with Crippen LogP contribution in [-0.2, 0) is 4.74 Å². The Hall–Kier alpha value is -1.66. The molecule has 0 amide bonds. The number of rotatable bonds is 7. The highest BCUT2D eigenvalue weighted by atomic mass is 16.5. The summed E-state index contributed by atoms with van der Waals surface area (Å²) in [7, 11) is 0. The third-order valence-corrected chi connectivity index (χ3v) is 2.03. The van der Waals surface area contributed by atoms with Crippen LogP contribution in [0.5, 0.6) is 5.75 Å². The lowest BCUT2D eigenvalue weighted by Crippen LogP contribution is -2.25. The van der Waals surface area contributed by atoms with Gasteiger partial charge in [-0.25, -0.2) is 9.78 Å². The number of nitrogens with zero attached hydrogens (tertiary/aromatic N) is 1. The lowest BCUT2D eigenvalue weighted by Gasteiger charge is -2.15. The van der Waals surface area contributed by atoms with E-state index < -0.39 is 12.1 Å². The van der Waals surface area contributed by atoms with Crippen molar-refractivity contribution in [3.8, 4) is 5.75 Å². The molecular formula is C12H17NO5. The maximum atomic E-state index is 10.9. The quantitative estimate of drug-likeness (QED) is 0.754. The van der Waals surface area contributed by atoms with Gasteiger partial charge in [-0.2, -0.15) is 0 Å². The van der Waals surface area contributed by atoms with Gasteiger partial charge < -0.3 is 19.7 Å². The predicted octanol–water partition coefficient (Wildman–Crippen LogP) is 0.944. The zero-order chi connectivity index (χ0) is 13.5. The first kappa shape index (κ1) is 14.4. The molecule has 0 saturated heterocycles. The number of aliphatic hydroxyl groups excluding tert-OH is 1. The largest absolute Gasteiger partial charge is 0.488 e. The number of aliphatic hydroxyl groups is 1. The predicted molar refractivity (Wildman–Crippen MR) is 63.8 cm³/mol. The van der Waals surface area contributed by atoms with Gasteiger partial charge in [-0.3, -0.25) is 0 Å². The molecular weight excluding hydrogens is 238 g/mol. The number of hydrogen-bond acceptors (Lipinski definition) is 5. The van der Waals surface area contributed by atoms with Crippen LogP contribution in [0.4, 0.5) is 0 Å². The van der Waals surface area contributed by atoms with Crippen LogP contribution >= 0.6 is 0 Å². The Morgan fingerprint density at radius 2 is 2.17 bits per heavy atom. The maximum Gasteiger partial charge on any atom is 0.358 e. The highest BCUT2D eigenvalue weighted by Crippen LogP contribution is 2.15. The van der Waals surface area contributed by atoms with E-state index in [0.717, 1.165) is 0 Å². The van der Waals surface area contributed by atoms with Crippen molar-refractivity contribution in [1.82, 2.24) is 4.98 Å². The minimum absolute atomic E-state index is 0.0209. The van der Waals surface area contributed by atoms with Gasteiger partial charge >= 0.3 is 5.97 Å². The van der Waals surface area contributed by atoms with Crippen molar-refractivity contribution >= 4 is 5.97 Å². The molecule has 1 aromatic rings. The molecule has 0 aliphatic carbocycles. The van der Waals surface area contributed by atoms with E-state index in [4.69, 9.17) is 14.6 Å². The highest BCUT2D eigenvalue weighted by molar-refractivity contribution is 5.88. The van der Waals surface area contributed by atoms with E-state index in [1.165, 1.54) is 12.3 Å². The number of aromatic carboxylic acids is 1. The van der Waals surface area contributed by atoms with Crippen molar-refractivity contribution in [3.05, 3.63) is 24.0 Å². The summed E-state index contributed by atoms with van der Waals surface area (Å²) in [6.45, 7) is 3.81. The summed E-state index contributed by atoms with van der Waals surface area (Å²) in [4.78, 5) is 14.5. The van der Waals surface area contributed by atoms with Gasteiger partial charge in [0, 0.05) is 6.20 Å². The summed E-state index contributed by atoms with van der Waals surface area (Å²) >= 11 is 0. The standard InChI is InChI=1S/C12H17NO5/c1-8(2)17-6-9(14)7-18-10-4-3-5-13-11(10)12(15)16/h3-5,8-9,14H,6-7H2,1-2H3,(H,15,16). The summed E-state index contributed by atoms with van der Waals surface area (Å²) in [6, 6.07) is 3.06. The van der Waals surface area contributed by atoms with Gasteiger partial charge in [-0.15, -0.1) is 0 Å². The number of pyridine rings is 1. The van der Waals surface area contributed by atoms with Crippen molar-refractivity contribution < 1.29 is 24.5 Å². The highest BCUT2D eigenvalue weighted by Gasteiger charge is 2.14. The molecule has 1 rings (SSSR count). The number of carbonyl (C=O) groups is 1. The van der Waals surface area contributed by atoms with E-state index in [-0.39, 0.29) is 30.8 Å². The van der Waals surface area contributed by atoms with E-state index in [0.29, 0.717) is 0 Å². The summed E-state index contributed by atoms with van der Waals surface area (Å²) in [5, 5.41) is 18.4. The van der Waals surface area contributed by atoms with Crippen molar-refractivity contribution in [3.63, 3.8) is 0 Å². The molecule has 1 aromatic heterocycles. The SMILES string of the molecule is CC(C)OCC(O)COc1cccnc1C(=O)O. The Balaban J connectivity index is 2.50. The minimum Gasteiger partial charge on any atom is -0.488 e. The van der Waals surface area contributed by atoms with Crippen LogP contribution in [-0.4, -0.2) is 46.6 Å². The maximum absolute atomic E-state index is 10.9. The van der Waals surface area contributed by atoms with Crippen LogP contribution < -0.4 is 4.74 Å². The van der Waals surface area contributed by atoms with Gasteiger partial charge in [0.25, 0.3) is 0 Å². The first-order chi connectivity index (χ1) is 8.50. The lowest BCUT2D eigenvalue weighted by molar-refractivity contribution is -0.0125. The van der Waals surface area contributed by atoms with Crippen LogP contribution in [0.25, 0.3) is 0 Å². The fourth-order valence-electron chi connectivity index (χ4n) is 1.21. The van der Waals surface area contributed by atoms with E-state index >= 15 is 0 Å². The van der Waals surface area contributed by atoms with Gasteiger partial charge in [-0.1, -0.05) is 0 Å². The number of ether oxygens (including phenoxy) is 2. The molecule has 18 heavy (non-hydrogen) atoms. The summed E-state index contributed by atoms with van der Waals surface area (Å²) < 4.78 is 10.4. The van der Waals surface area contributed by atoms with E-state index in [9.17, 15) is 9.90 Å². The average molecular weight is 255 g/mol. The van der Waals surface area contributed by atoms with Crippen LogP contribution in [0.15, 0.2) is 18.3 Å². The molecule has 0 spiro atoms. The molecule has 1 atom stereocenters. The molecule has 0 aromatic carbocycles. The van der Waals surface area contributed by atoms with E-state index in [1.54, 1.807) is 6.07 Å². The molecule has 6 heteroatoms. The van der Waals surface area contributed by atoms with Crippen LogP contribution in [0.2, 0.25) is 0 Å². The third-order valence-electron chi connectivity index (χ3n) is 2.03. The Kier molecular flexibility index (Phi) is 5.54. The average Bonchev–Trinajstić information content (AvgIpc) is 2.34. The normalized spacial score (nSPS) is 12.4. The van der Waals surface area contributed by atoms with Crippen molar-refractivity contribution in [2.24, 2.45) is 0 Å². The third kappa shape index (κ3) is 4.68. The molecule has 1 heterocycles. The number of aromatic nitrogens is 1. The Labute approximate surface area is 105 Å². The summed E-state index contributed by atoms with van der Waals surface area (Å²) in [6.07, 6.45) is 0.580. The molecule has 0 aliphatic rings. The lowest BCUT2D eigenvalue weighted by atomic mass is 10.3. The molecule has 0 saturated carbocycles. The first-order valence-electron chi connectivity index (χ1n) is 5.61. The fourth-order valence-corrected chi connectivity index (χ4v) is 1.21. The van der Waals surface area contributed by atoms with E-state index in [1.807, 2.05) is 13.8 Å². The molecule has 100 valence electrons. The number of carboxylic acid groups (broad SMARTS) is 1. The van der Waals surface area contributed by atoms with Gasteiger partial charge in [0.15, 0.2) is 11.4 Å². The molecule has 0 radical (unpaired) electrons. The second-order valence-electron chi connectivity index (χ2n) is 4.00. The van der Waals surface area contributed by atoms with E-state index in [2.05, 4.69) is 4.98 Å². The Morgan fingerprint density at radius 1 is 1.44 bits per heavy atom. The molecule has 0 aliphatic heterocycles. The molecule has 0 bridgehead atoms. The Bertz CT molecular complexity index is 394. The second kappa shape index (κ2) is 6.93. The first-order valence-corrected chi connectivity index (χ1v) is 5.61. The second-order valence-corrected chi connectivity index (χ2v) is 4.00. The van der Waals surface area contributed by atoms with Crippen molar-refractivity contribution in [1.29, 1.82) is 0 Å². The minimum atomic E-state index is -1.17. The summed E-state index contributed by atoms with van der Waals surface area (Å²) in [5.41, 5.74) is -0.172. The molecule has 0 fully saturated rings. The summed E-state index contributed by atoms with van der Waals surface area (Å²) in [5.74, 6) is -1.04. The van der Waals surface area contributed by atoms with Crippen LogP contribution in [0.1, 0.15) is 24.3 Å². The zero-order valence-corrected chi connectivity index (χ0v) is 10.4. The van der Waals surface area contributed by atoms with Crippen molar-refractivity contribution in [2.75, 3.05) is 13.2 Å². The molecule has 2 N–H and O–H groups in total. The van der Waals surface area contributed by atoms with Gasteiger partial charge in [0.2, 0.25) is 0 Å². The number of carboxylic acids is 1. The Morgan fingerprint density at radius 3 is 2.78 bits per heavy atom. The van der Waals surface area contributed by atoms with Crippen LogP contribution in [0, 0.1) is 0 Å². The monoisotopic (exact) mass is 255 g/mol. The van der Waals surface area contributed by atoms with Crippen LogP contribution in [0.3, 0.4) is 0 Å². The molecule has 1 unspecified atom stereocenters. The van der Waals surface area contributed by atoms with Gasteiger partial charge in [0.05, 0.1) is 12.7 Å². The fraction of sp³-hybridized carbons (Fsp3) is 0.500. The topological polar surface area (TPSA) is 88.9 Å².